The molecule has 0 spiro atoms. The number of rotatable bonds is 37. The first-order valence-electron chi connectivity index (χ1n) is 20.2. The van der Waals surface area contributed by atoms with Crippen LogP contribution in [0.4, 0.5) is 0 Å². The molecule has 0 aliphatic heterocycles. The van der Waals surface area contributed by atoms with Crippen molar-refractivity contribution >= 4 is 5.97 Å². The van der Waals surface area contributed by atoms with Crippen molar-refractivity contribution in [1.82, 2.24) is 0 Å². The first kappa shape index (κ1) is 45.3. The summed E-state index contributed by atoms with van der Waals surface area (Å²) in [6, 6.07) is 0. The lowest BCUT2D eigenvalue weighted by atomic mass is 10.0. The van der Waals surface area contributed by atoms with Gasteiger partial charge in [-0.25, -0.2) is 0 Å². The highest BCUT2D eigenvalue weighted by molar-refractivity contribution is 5.69. The van der Waals surface area contributed by atoms with Gasteiger partial charge in [-0.15, -0.1) is 0 Å². The summed E-state index contributed by atoms with van der Waals surface area (Å²) in [5.41, 5.74) is 0. The Balaban J connectivity index is 3.44. The van der Waals surface area contributed by atoms with Gasteiger partial charge in [0.25, 0.3) is 0 Å². The molecule has 4 nitrogen and oxygen atoms in total. The van der Waals surface area contributed by atoms with Crippen molar-refractivity contribution in [1.29, 1.82) is 0 Å². The van der Waals surface area contributed by atoms with E-state index >= 15 is 0 Å². The standard InChI is InChI=1S/C43H78O4/c1-3-5-7-9-11-13-15-17-18-19-20-21-22-23-24-25-27-29-31-33-35-37-39-46-41-42(40-44)47-43(45)38-36-34-32-30-28-26-16-14-12-10-8-6-4-2/h6,8,12,14,26,28,32,34,42,44H,3-5,7,9-11,13,15-25,27,29-31,33,35-41H2,1-2H3/b8-6-,14-12-,28-26-,34-32-. The van der Waals surface area contributed by atoms with Crippen LogP contribution in [-0.2, 0) is 14.3 Å². The molecule has 0 aromatic heterocycles. The SMILES string of the molecule is CC/C=C\C/C=C\C/C=C\C/C=C\CCC(=O)OC(CO)COCCCCCCCCCCCCCCCCCCCCCCCC. The first-order chi connectivity index (χ1) is 23.2. The lowest BCUT2D eigenvalue weighted by Gasteiger charge is -2.15. The van der Waals surface area contributed by atoms with Crippen LogP contribution < -0.4 is 0 Å². The number of carbonyl (C=O) groups is 1. The van der Waals surface area contributed by atoms with Crippen LogP contribution in [0, 0.1) is 0 Å². The highest BCUT2D eigenvalue weighted by Crippen LogP contribution is 2.15. The Bertz CT molecular complexity index is 738. The smallest absolute Gasteiger partial charge is 0.306 e. The van der Waals surface area contributed by atoms with E-state index in [1.807, 2.05) is 6.08 Å². The molecule has 47 heavy (non-hydrogen) atoms. The number of aliphatic hydroxyl groups excluding tert-OH is 1. The van der Waals surface area contributed by atoms with E-state index in [0.717, 1.165) is 32.1 Å². The van der Waals surface area contributed by atoms with Crippen molar-refractivity contribution in [3.05, 3.63) is 48.6 Å². The Hall–Kier alpha value is -1.65. The molecule has 0 amide bonds. The minimum atomic E-state index is -0.570. The third kappa shape index (κ3) is 38.7. The Morgan fingerprint density at radius 3 is 1.32 bits per heavy atom. The minimum Gasteiger partial charge on any atom is -0.457 e. The van der Waals surface area contributed by atoms with Gasteiger partial charge in [0, 0.05) is 13.0 Å². The summed E-state index contributed by atoms with van der Waals surface area (Å²) in [4.78, 5) is 12.1. The molecule has 0 aliphatic rings. The molecule has 1 atom stereocenters. The van der Waals surface area contributed by atoms with E-state index in [-0.39, 0.29) is 19.2 Å². The maximum absolute atomic E-state index is 12.1. The summed E-state index contributed by atoms with van der Waals surface area (Å²) in [5, 5.41) is 9.56. The highest BCUT2D eigenvalue weighted by Gasteiger charge is 2.13. The number of aliphatic hydroxyl groups is 1. The molecule has 1 unspecified atom stereocenters. The fourth-order valence-corrected chi connectivity index (χ4v) is 5.70. The summed E-state index contributed by atoms with van der Waals surface area (Å²) >= 11 is 0. The molecular weight excluding hydrogens is 580 g/mol. The monoisotopic (exact) mass is 659 g/mol. The number of allylic oxidation sites excluding steroid dienone is 8. The summed E-state index contributed by atoms with van der Waals surface area (Å²) < 4.78 is 11.1. The van der Waals surface area contributed by atoms with Gasteiger partial charge in [-0.1, -0.05) is 197 Å². The van der Waals surface area contributed by atoms with E-state index < -0.39 is 6.10 Å². The maximum Gasteiger partial charge on any atom is 0.306 e. The lowest BCUT2D eigenvalue weighted by molar-refractivity contribution is -0.154. The molecule has 0 saturated heterocycles. The van der Waals surface area contributed by atoms with Gasteiger partial charge in [0.15, 0.2) is 0 Å². The molecule has 0 saturated carbocycles. The van der Waals surface area contributed by atoms with Crippen LogP contribution in [-0.4, -0.2) is 37.0 Å². The number of esters is 1. The average Bonchev–Trinajstić information content (AvgIpc) is 3.08. The predicted molar refractivity (Wildman–Crippen MR) is 205 cm³/mol. The molecule has 0 bridgehead atoms. The Morgan fingerprint density at radius 2 is 0.915 bits per heavy atom. The minimum absolute atomic E-state index is 0.199. The van der Waals surface area contributed by atoms with Gasteiger partial charge in [0.2, 0.25) is 0 Å². The molecule has 1 N–H and O–H groups in total. The number of hydrogen-bond donors (Lipinski definition) is 1. The molecule has 0 rings (SSSR count). The van der Waals surface area contributed by atoms with Crippen LogP contribution in [0.25, 0.3) is 0 Å². The molecule has 4 heteroatoms. The zero-order chi connectivity index (χ0) is 34.1. The summed E-state index contributed by atoms with van der Waals surface area (Å²) in [7, 11) is 0. The van der Waals surface area contributed by atoms with Gasteiger partial charge in [-0.05, 0) is 38.5 Å². The van der Waals surface area contributed by atoms with Crippen LogP contribution in [0.5, 0.6) is 0 Å². The Labute approximate surface area is 292 Å². The second kappa shape index (κ2) is 40.5. The number of ether oxygens (including phenoxy) is 2. The van der Waals surface area contributed by atoms with Crippen LogP contribution in [0.15, 0.2) is 48.6 Å². The van der Waals surface area contributed by atoms with Crippen LogP contribution in [0.3, 0.4) is 0 Å². The third-order valence-electron chi connectivity index (χ3n) is 8.68. The average molecular weight is 659 g/mol. The van der Waals surface area contributed by atoms with Gasteiger partial charge in [0.05, 0.1) is 13.2 Å². The number of unbranched alkanes of at least 4 members (excludes halogenated alkanes) is 21. The van der Waals surface area contributed by atoms with E-state index in [2.05, 4.69) is 56.4 Å². The van der Waals surface area contributed by atoms with Crippen molar-refractivity contribution < 1.29 is 19.4 Å². The number of hydrogen-bond acceptors (Lipinski definition) is 4. The van der Waals surface area contributed by atoms with Crippen molar-refractivity contribution in [2.24, 2.45) is 0 Å². The largest absolute Gasteiger partial charge is 0.457 e. The summed E-state index contributed by atoms with van der Waals surface area (Å²) in [6.45, 7) is 5.17. The first-order valence-corrected chi connectivity index (χ1v) is 20.2. The van der Waals surface area contributed by atoms with Gasteiger partial charge in [-0.2, -0.15) is 0 Å². The quantitative estimate of drug-likeness (QED) is 0.0410. The van der Waals surface area contributed by atoms with Gasteiger partial charge >= 0.3 is 5.97 Å². The van der Waals surface area contributed by atoms with Crippen molar-refractivity contribution in [3.63, 3.8) is 0 Å². The topological polar surface area (TPSA) is 55.8 Å². The van der Waals surface area contributed by atoms with Gasteiger partial charge < -0.3 is 14.6 Å². The molecule has 274 valence electrons. The van der Waals surface area contributed by atoms with E-state index in [9.17, 15) is 9.90 Å². The van der Waals surface area contributed by atoms with Crippen LogP contribution in [0.1, 0.15) is 194 Å². The normalized spacial score (nSPS) is 12.8. The van der Waals surface area contributed by atoms with Gasteiger partial charge in [-0.3, -0.25) is 4.79 Å². The van der Waals surface area contributed by atoms with E-state index in [4.69, 9.17) is 9.47 Å². The molecule has 0 heterocycles. The van der Waals surface area contributed by atoms with Crippen LogP contribution >= 0.6 is 0 Å². The third-order valence-corrected chi connectivity index (χ3v) is 8.68. The van der Waals surface area contributed by atoms with E-state index in [1.54, 1.807) is 0 Å². The van der Waals surface area contributed by atoms with Crippen molar-refractivity contribution in [2.75, 3.05) is 19.8 Å². The summed E-state index contributed by atoms with van der Waals surface area (Å²) in [6.07, 6.45) is 51.9. The van der Waals surface area contributed by atoms with Crippen LogP contribution in [0.2, 0.25) is 0 Å². The molecular formula is C43H78O4. The molecule has 0 radical (unpaired) electrons. The molecule has 0 fully saturated rings. The van der Waals surface area contributed by atoms with E-state index in [0.29, 0.717) is 19.4 Å². The fourth-order valence-electron chi connectivity index (χ4n) is 5.70. The fraction of sp³-hybridized carbons (Fsp3) is 0.791. The Morgan fingerprint density at radius 1 is 0.532 bits per heavy atom. The Kier molecular flexibility index (Phi) is 39.1. The van der Waals surface area contributed by atoms with Crippen molar-refractivity contribution in [3.8, 4) is 0 Å². The maximum atomic E-state index is 12.1. The number of carbonyl (C=O) groups excluding carboxylic acids is 1. The molecule has 0 aliphatic carbocycles. The second-order valence-corrected chi connectivity index (χ2v) is 13.3. The zero-order valence-electron chi connectivity index (χ0n) is 31.3. The zero-order valence-corrected chi connectivity index (χ0v) is 31.3. The summed E-state index contributed by atoms with van der Waals surface area (Å²) in [5.74, 6) is -0.278. The second-order valence-electron chi connectivity index (χ2n) is 13.3. The van der Waals surface area contributed by atoms with E-state index in [1.165, 1.54) is 135 Å². The predicted octanol–water partition coefficient (Wildman–Crippen LogP) is 13.1. The lowest BCUT2D eigenvalue weighted by Crippen LogP contribution is -2.27. The van der Waals surface area contributed by atoms with Crippen molar-refractivity contribution in [2.45, 2.75) is 200 Å². The van der Waals surface area contributed by atoms with Gasteiger partial charge in [0.1, 0.15) is 6.10 Å². The highest BCUT2D eigenvalue weighted by atomic mass is 16.6. The molecule has 0 aromatic rings. The molecule has 0 aromatic carbocycles.